The van der Waals surface area contributed by atoms with Crippen molar-refractivity contribution in [2.24, 2.45) is 11.8 Å². The van der Waals surface area contributed by atoms with E-state index in [1.54, 1.807) is 11.0 Å². The van der Waals surface area contributed by atoms with Crippen molar-refractivity contribution in [3.63, 3.8) is 0 Å². The second kappa shape index (κ2) is 6.31. The molecule has 19 heavy (non-hydrogen) atoms. The van der Waals surface area contributed by atoms with Crippen molar-refractivity contribution in [1.82, 2.24) is 20.1 Å². The maximum atomic E-state index is 11.7. The SMILES string of the molecule is O=C(CCn1cncn1)NCC1CCCC1C(=O)O. The molecule has 0 spiro atoms. The van der Waals surface area contributed by atoms with Crippen LogP contribution in [0.2, 0.25) is 0 Å². The molecule has 2 unspecified atom stereocenters. The van der Waals surface area contributed by atoms with Gasteiger partial charge in [-0.1, -0.05) is 6.42 Å². The lowest BCUT2D eigenvalue weighted by Crippen LogP contribution is -2.33. The summed E-state index contributed by atoms with van der Waals surface area (Å²) < 4.78 is 1.59. The summed E-state index contributed by atoms with van der Waals surface area (Å²) in [6, 6.07) is 0. The van der Waals surface area contributed by atoms with Crippen molar-refractivity contribution in [1.29, 1.82) is 0 Å². The van der Waals surface area contributed by atoms with Crippen LogP contribution in [0.1, 0.15) is 25.7 Å². The number of aryl methyl sites for hydroxylation is 1. The number of nitrogens with zero attached hydrogens (tertiary/aromatic N) is 3. The van der Waals surface area contributed by atoms with E-state index in [1.807, 2.05) is 0 Å². The van der Waals surface area contributed by atoms with Crippen molar-refractivity contribution in [2.75, 3.05) is 6.54 Å². The first kappa shape index (κ1) is 13.5. The number of aromatic nitrogens is 3. The Morgan fingerprint density at radius 3 is 2.95 bits per heavy atom. The van der Waals surface area contributed by atoms with Crippen LogP contribution >= 0.6 is 0 Å². The second-order valence-corrected chi connectivity index (χ2v) is 4.85. The topological polar surface area (TPSA) is 97.1 Å². The van der Waals surface area contributed by atoms with Crippen LogP contribution in [0.25, 0.3) is 0 Å². The Morgan fingerprint density at radius 2 is 2.26 bits per heavy atom. The Hall–Kier alpha value is -1.92. The number of carbonyl (C=O) groups is 2. The van der Waals surface area contributed by atoms with Crippen LogP contribution in [0.3, 0.4) is 0 Å². The van der Waals surface area contributed by atoms with E-state index in [1.165, 1.54) is 6.33 Å². The van der Waals surface area contributed by atoms with E-state index in [9.17, 15) is 9.59 Å². The Bertz CT molecular complexity index is 432. The summed E-state index contributed by atoms with van der Waals surface area (Å²) in [5.74, 6) is -1.07. The molecule has 0 aromatic carbocycles. The fourth-order valence-electron chi connectivity index (χ4n) is 2.50. The molecule has 1 amide bonds. The minimum atomic E-state index is -0.751. The van der Waals surface area contributed by atoms with Gasteiger partial charge >= 0.3 is 5.97 Å². The van der Waals surface area contributed by atoms with E-state index in [4.69, 9.17) is 5.11 Å². The third kappa shape index (κ3) is 3.77. The molecule has 1 aliphatic carbocycles. The number of carboxylic acid groups (broad SMARTS) is 1. The van der Waals surface area contributed by atoms with Crippen molar-refractivity contribution in [3.05, 3.63) is 12.7 Å². The second-order valence-electron chi connectivity index (χ2n) is 4.85. The predicted molar refractivity (Wildman–Crippen MR) is 66.1 cm³/mol. The molecule has 1 aromatic rings. The summed E-state index contributed by atoms with van der Waals surface area (Å²) in [7, 11) is 0. The van der Waals surface area contributed by atoms with Crippen molar-refractivity contribution in [2.45, 2.75) is 32.2 Å². The highest BCUT2D eigenvalue weighted by Gasteiger charge is 2.32. The maximum Gasteiger partial charge on any atom is 0.306 e. The molecule has 1 aromatic heterocycles. The Morgan fingerprint density at radius 1 is 1.42 bits per heavy atom. The standard InChI is InChI=1S/C12H18N4O3/c17-11(4-5-16-8-13-7-15-16)14-6-9-2-1-3-10(9)12(18)19/h7-10H,1-6H2,(H,14,17)(H,18,19). The Balaban J connectivity index is 1.70. The quantitative estimate of drug-likeness (QED) is 0.771. The van der Waals surface area contributed by atoms with Gasteiger partial charge in [0, 0.05) is 13.0 Å². The van der Waals surface area contributed by atoms with Gasteiger partial charge in [0.15, 0.2) is 0 Å². The van der Waals surface area contributed by atoms with Gasteiger partial charge in [-0.05, 0) is 18.8 Å². The summed E-state index contributed by atoms with van der Waals surface area (Å²) in [6.07, 6.45) is 5.83. The molecule has 7 heteroatoms. The summed E-state index contributed by atoms with van der Waals surface area (Å²) in [4.78, 5) is 26.5. The largest absolute Gasteiger partial charge is 0.481 e. The van der Waals surface area contributed by atoms with Gasteiger partial charge in [0.25, 0.3) is 0 Å². The summed E-state index contributed by atoms with van der Waals surface area (Å²) in [6.45, 7) is 0.937. The first-order valence-electron chi connectivity index (χ1n) is 6.48. The zero-order valence-corrected chi connectivity index (χ0v) is 10.7. The molecule has 2 rings (SSSR count). The number of amides is 1. The number of hydrogen-bond acceptors (Lipinski definition) is 4. The molecule has 1 fully saturated rings. The zero-order valence-electron chi connectivity index (χ0n) is 10.7. The van der Waals surface area contributed by atoms with Crippen molar-refractivity contribution >= 4 is 11.9 Å². The molecular weight excluding hydrogens is 248 g/mol. The zero-order chi connectivity index (χ0) is 13.7. The minimum absolute atomic E-state index is 0.0628. The molecule has 2 atom stereocenters. The average Bonchev–Trinajstić information content (AvgIpc) is 3.04. The molecule has 1 heterocycles. The van der Waals surface area contributed by atoms with Crippen LogP contribution in [0.5, 0.6) is 0 Å². The molecular formula is C12H18N4O3. The van der Waals surface area contributed by atoms with E-state index >= 15 is 0 Å². The predicted octanol–water partition coefficient (Wildman–Crippen LogP) is 0.285. The van der Waals surface area contributed by atoms with Crippen LogP contribution in [0.4, 0.5) is 0 Å². The highest BCUT2D eigenvalue weighted by atomic mass is 16.4. The van der Waals surface area contributed by atoms with Gasteiger partial charge in [-0.15, -0.1) is 0 Å². The van der Waals surface area contributed by atoms with E-state index < -0.39 is 5.97 Å². The van der Waals surface area contributed by atoms with E-state index in [2.05, 4.69) is 15.4 Å². The Labute approximate surface area is 111 Å². The summed E-state index contributed by atoms with van der Waals surface area (Å²) in [5, 5.41) is 15.8. The monoisotopic (exact) mass is 266 g/mol. The first-order chi connectivity index (χ1) is 9.16. The highest BCUT2D eigenvalue weighted by Crippen LogP contribution is 2.31. The fourth-order valence-corrected chi connectivity index (χ4v) is 2.50. The van der Waals surface area contributed by atoms with Gasteiger partial charge in [0.05, 0.1) is 12.5 Å². The summed E-state index contributed by atoms with van der Waals surface area (Å²) in [5.41, 5.74) is 0. The van der Waals surface area contributed by atoms with Gasteiger partial charge in [-0.2, -0.15) is 5.10 Å². The van der Waals surface area contributed by atoms with Gasteiger partial charge in [-0.25, -0.2) is 4.98 Å². The van der Waals surface area contributed by atoms with Crippen LogP contribution in [-0.2, 0) is 16.1 Å². The van der Waals surface area contributed by atoms with Crippen LogP contribution in [-0.4, -0.2) is 38.3 Å². The van der Waals surface area contributed by atoms with Gasteiger partial charge in [-0.3, -0.25) is 14.3 Å². The average molecular weight is 266 g/mol. The third-order valence-electron chi connectivity index (χ3n) is 3.57. The fraction of sp³-hybridized carbons (Fsp3) is 0.667. The van der Waals surface area contributed by atoms with E-state index in [0.717, 1.165) is 19.3 Å². The Kier molecular flexibility index (Phi) is 4.48. The number of carbonyl (C=O) groups excluding carboxylic acids is 1. The normalized spacial score (nSPS) is 22.3. The molecule has 1 saturated carbocycles. The number of aliphatic carboxylic acids is 1. The minimum Gasteiger partial charge on any atom is -0.481 e. The van der Waals surface area contributed by atoms with Crippen LogP contribution in [0.15, 0.2) is 12.7 Å². The molecule has 104 valence electrons. The lowest BCUT2D eigenvalue weighted by Gasteiger charge is -2.16. The van der Waals surface area contributed by atoms with Crippen molar-refractivity contribution < 1.29 is 14.7 Å². The number of hydrogen-bond donors (Lipinski definition) is 2. The molecule has 2 N–H and O–H groups in total. The lowest BCUT2D eigenvalue weighted by atomic mass is 9.96. The van der Waals surface area contributed by atoms with Crippen LogP contribution < -0.4 is 5.32 Å². The maximum absolute atomic E-state index is 11.7. The third-order valence-corrected chi connectivity index (χ3v) is 3.57. The molecule has 0 radical (unpaired) electrons. The van der Waals surface area contributed by atoms with Gasteiger partial charge in [0.1, 0.15) is 12.7 Å². The number of carboxylic acids is 1. The van der Waals surface area contributed by atoms with Gasteiger partial charge < -0.3 is 10.4 Å². The van der Waals surface area contributed by atoms with E-state index in [0.29, 0.717) is 19.5 Å². The van der Waals surface area contributed by atoms with Gasteiger partial charge in [0.2, 0.25) is 5.91 Å². The molecule has 0 bridgehead atoms. The van der Waals surface area contributed by atoms with Crippen LogP contribution in [0, 0.1) is 11.8 Å². The molecule has 1 aliphatic rings. The summed E-state index contributed by atoms with van der Waals surface area (Å²) >= 11 is 0. The molecule has 0 aliphatic heterocycles. The highest BCUT2D eigenvalue weighted by molar-refractivity contribution is 5.76. The smallest absolute Gasteiger partial charge is 0.306 e. The number of nitrogens with one attached hydrogen (secondary N) is 1. The van der Waals surface area contributed by atoms with Crippen molar-refractivity contribution in [3.8, 4) is 0 Å². The first-order valence-corrected chi connectivity index (χ1v) is 6.48. The lowest BCUT2D eigenvalue weighted by molar-refractivity contribution is -0.143. The molecule has 7 nitrogen and oxygen atoms in total. The van der Waals surface area contributed by atoms with E-state index in [-0.39, 0.29) is 17.7 Å². The number of rotatable bonds is 6. The molecule has 0 saturated heterocycles.